The number of nitrogens with one attached hydrogen (secondary N) is 1. The number of hydrogen-bond donors (Lipinski definition) is 1. The average Bonchev–Trinajstić information content (AvgIpc) is 3.38. The molecule has 2 aromatic rings. The van der Waals surface area contributed by atoms with Gasteiger partial charge in [0.15, 0.2) is 5.76 Å². The Morgan fingerprint density at radius 2 is 1.79 bits per heavy atom. The maximum absolute atomic E-state index is 12.9. The summed E-state index contributed by atoms with van der Waals surface area (Å²) < 4.78 is 32.3. The summed E-state index contributed by atoms with van der Waals surface area (Å²) in [7, 11) is -3.64. The Morgan fingerprint density at radius 3 is 2.36 bits per heavy atom. The minimum atomic E-state index is -3.64. The first-order chi connectivity index (χ1) is 15.8. The molecular formula is C22H29N5O5S. The van der Waals surface area contributed by atoms with Gasteiger partial charge < -0.3 is 19.6 Å². The monoisotopic (exact) mass is 475 g/mol. The molecule has 0 aliphatic carbocycles. The van der Waals surface area contributed by atoms with E-state index < -0.39 is 10.0 Å². The second-order valence-corrected chi connectivity index (χ2v) is 10.3. The van der Waals surface area contributed by atoms with Gasteiger partial charge in [0.05, 0.1) is 0 Å². The van der Waals surface area contributed by atoms with Gasteiger partial charge in [-0.25, -0.2) is 8.42 Å². The third-order valence-corrected chi connectivity index (χ3v) is 8.23. The number of nitrogens with zero attached hydrogens (tertiary/aromatic N) is 4. The molecule has 3 heterocycles. The van der Waals surface area contributed by atoms with Crippen molar-refractivity contribution in [2.24, 2.45) is 0 Å². The van der Waals surface area contributed by atoms with Gasteiger partial charge in [-0.05, 0) is 44.5 Å². The zero-order valence-corrected chi connectivity index (χ0v) is 19.7. The van der Waals surface area contributed by atoms with Crippen molar-refractivity contribution in [1.29, 1.82) is 0 Å². The van der Waals surface area contributed by atoms with Gasteiger partial charge in [0.25, 0.3) is 0 Å². The lowest BCUT2D eigenvalue weighted by atomic mass is 10.2. The maximum atomic E-state index is 12.9. The van der Waals surface area contributed by atoms with Gasteiger partial charge in [-0.3, -0.25) is 9.59 Å². The maximum Gasteiger partial charge on any atom is 0.248 e. The Hall–Kier alpha value is -2.76. The van der Waals surface area contributed by atoms with Crippen LogP contribution in [0.2, 0.25) is 0 Å². The normalized spacial score (nSPS) is 18.1. The first-order valence-corrected chi connectivity index (χ1v) is 12.6. The van der Waals surface area contributed by atoms with Gasteiger partial charge in [-0.1, -0.05) is 5.16 Å². The van der Waals surface area contributed by atoms with E-state index in [9.17, 15) is 18.0 Å². The zero-order chi connectivity index (χ0) is 23.6. The van der Waals surface area contributed by atoms with Crippen LogP contribution in [-0.2, 0) is 19.6 Å². The number of piperazine rings is 1. The van der Waals surface area contributed by atoms with E-state index in [0.29, 0.717) is 62.7 Å². The number of benzene rings is 1. The molecule has 0 saturated carbocycles. The largest absolute Gasteiger partial charge is 0.360 e. The summed E-state index contributed by atoms with van der Waals surface area (Å²) in [6, 6.07) is 7.29. The summed E-state index contributed by atoms with van der Waals surface area (Å²) in [6.45, 7) is 6.31. The molecule has 1 N–H and O–H groups in total. The van der Waals surface area contributed by atoms with Crippen molar-refractivity contribution in [3.05, 3.63) is 35.7 Å². The lowest BCUT2D eigenvalue weighted by Gasteiger charge is -2.33. The quantitative estimate of drug-likeness (QED) is 0.649. The molecule has 33 heavy (non-hydrogen) atoms. The second kappa shape index (κ2) is 9.62. The molecule has 2 amide bonds. The molecule has 0 radical (unpaired) electrons. The molecule has 11 heteroatoms. The number of aryl methyl sites for hydroxylation is 2. The predicted octanol–water partition coefficient (Wildman–Crippen LogP) is 1.75. The van der Waals surface area contributed by atoms with Crippen LogP contribution in [0.4, 0.5) is 11.4 Å². The zero-order valence-electron chi connectivity index (χ0n) is 18.9. The number of amides is 2. The third-order valence-electron chi connectivity index (χ3n) is 6.09. The smallest absolute Gasteiger partial charge is 0.248 e. The Bertz CT molecular complexity index is 1100. The van der Waals surface area contributed by atoms with E-state index in [1.807, 2.05) is 12.1 Å². The van der Waals surface area contributed by atoms with Gasteiger partial charge in [-0.15, -0.1) is 0 Å². The second-order valence-electron chi connectivity index (χ2n) is 8.39. The van der Waals surface area contributed by atoms with Gasteiger partial charge in [0.1, 0.15) is 10.6 Å². The van der Waals surface area contributed by atoms with Crippen LogP contribution in [0, 0.1) is 13.8 Å². The van der Waals surface area contributed by atoms with E-state index >= 15 is 0 Å². The molecule has 1 aromatic heterocycles. The lowest BCUT2D eigenvalue weighted by molar-refractivity contribution is -0.117. The minimum absolute atomic E-state index is 0.106. The van der Waals surface area contributed by atoms with Crippen LogP contribution in [0.15, 0.2) is 33.7 Å². The minimum Gasteiger partial charge on any atom is -0.360 e. The van der Waals surface area contributed by atoms with Crippen molar-refractivity contribution >= 4 is 33.2 Å². The highest BCUT2D eigenvalue weighted by molar-refractivity contribution is 7.89. The van der Waals surface area contributed by atoms with Crippen molar-refractivity contribution in [3.63, 3.8) is 0 Å². The van der Waals surface area contributed by atoms with E-state index in [-0.39, 0.29) is 16.7 Å². The number of anilines is 2. The first-order valence-electron chi connectivity index (χ1n) is 11.1. The molecule has 2 saturated heterocycles. The Balaban J connectivity index is 1.24. The van der Waals surface area contributed by atoms with Crippen LogP contribution < -0.4 is 10.2 Å². The van der Waals surface area contributed by atoms with E-state index in [0.717, 1.165) is 18.7 Å². The molecule has 178 valence electrons. The fourth-order valence-corrected chi connectivity index (χ4v) is 6.01. The van der Waals surface area contributed by atoms with Crippen molar-refractivity contribution < 1.29 is 22.5 Å². The molecule has 1 aromatic carbocycles. The van der Waals surface area contributed by atoms with Gasteiger partial charge in [-0.2, -0.15) is 4.31 Å². The van der Waals surface area contributed by atoms with Crippen LogP contribution in [0.3, 0.4) is 0 Å². The Labute approximate surface area is 193 Å². The van der Waals surface area contributed by atoms with Crippen LogP contribution >= 0.6 is 0 Å². The predicted molar refractivity (Wildman–Crippen MR) is 122 cm³/mol. The van der Waals surface area contributed by atoms with Crippen molar-refractivity contribution in [1.82, 2.24) is 14.4 Å². The summed E-state index contributed by atoms with van der Waals surface area (Å²) in [4.78, 5) is 28.2. The highest BCUT2D eigenvalue weighted by Gasteiger charge is 2.33. The fourth-order valence-electron chi connectivity index (χ4n) is 4.29. The summed E-state index contributed by atoms with van der Waals surface area (Å²) in [5.74, 6) is 0.323. The van der Waals surface area contributed by atoms with Crippen LogP contribution in [0.5, 0.6) is 0 Å². The third kappa shape index (κ3) is 5.10. The van der Waals surface area contributed by atoms with E-state index in [2.05, 4.69) is 15.4 Å². The summed E-state index contributed by atoms with van der Waals surface area (Å²) in [5.41, 5.74) is 1.90. The molecular weight excluding hydrogens is 446 g/mol. The number of rotatable bonds is 7. The standard InChI is InChI=1S/C22H29N5O5S/c1-16-22(17(2)32-24-16)33(30,31)26-14-12-25(13-15-26)11-9-20(28)23-18-5-7-19(8-6-18)27-10-3-4-21(27)29/h5-8H,3-4,9-15H2,1-2H3,(H,23,28). The molecule has 0 spiro atoms. The topological polar surface area (TPSA) is 116 Å². The van der Waals surface area contributed by atoms with Crippen molar-refractivity contribution in [2.75, 3.05) is 49.5 Å². The van der Waals surface area contributed by atoms with Gasteiger partial charge in [0.2, 0.25) is 21.8 Å². The summed E-state index contributed by atoms with van der Waals surface area (Å²) in [5, 5.41) is 6.63. The molecule has 0 unspecified atom stereocenters. The highest BCUT2D eigenvalue weighted by atomic mass is 32.2. The van der Waals surface area contributed by atoms with Crippen LogP contribution in [-0.4, -0.2) is 73.9 Å². The molecule has 0 atom stereocenters. The SMILES string of the molecule is Cc1noc(C)c1S(=O)(=O)N1CCN(CCC(=O)Nc2ccc(N3CCCC3=O)cc2)CC1. The van der Waals surface area contributed by atoms with Crippen molar-refractivity contribution in [3.8, 4) is 0 Å². The molecule has 0 bridgehead atoms. The lowest BCUT2D eigenvalue weighted by Crippen LogP contribution is -2.49. The van der Waals surface area contributed by atoms with E-state index in [4.69, 9.17) is 4.52 Å². The fraction of sp³-hybridized carbons (Fsp3) is 0.500. The molecule has 4 rings (SSSR count). The molecule has 2 aliphatic heterocycles. The molecule has 2 aliphatic rings. The number of hydrogen-bond acceptors (Lipinski definition) is 7. The van der Waals surface area contributed by atoms with Crippen LogP contribution in [0.25, 0.3) is 0 Å². The van der Waals surface area contributed by atoms with Crippen molar-refractivity contribution in [2.45, 2.75) is 38.0 Å². The Morgan fingerprint density at radius 1 is 1.09 bits per heavy atom. The Kier molecular flexibility index (Phi) is 6.82. The number of aromatic nitrogens is 1. The first kappa shape index (κ1) is 23.4. The van der Waals surface area contributed by atoms with Gasteiger partial charge >= 0.3 is 0 Å². The number of carbonyl (C=O) groups excluding carboxylic acids is 2. The summed E-state index contributed by atoms with van der Waals surface area (Å²) in [6.07, 6.45) is 1.76. The molecule has 10 nitrogen and oxygen atoms in total. The molecule has 2 fully saturated rings. The summed E-state index contributed by atoms with van der Waals surface area (Å²) >= 11 is 0. The van der Waals surface area contributed by atoms with Crippen LogP contribution in [0.1, 0.15) is 30.7 Å². The highest BCUT2D eigenvalue weighted by Crippen LogP contribution is 2.25. The number of carbonyl (C=O) groups is 2. The van der Waals surface area contributed by atoms with Gasteiger partial charge in [0, 0.05) is 63.5 Å². The van der Waals surface area contributed by atoms with E-state index in [1.54, 1.807) is 30.9 Å². The average molecular weight is 476 g/mol. The van der Waals surface area contributed by atoms with E-state index in [1.165, 1.54) is 4.31 Å². The number of sulfonamides is 1.